The molecule has 2 rings (SSSR count). The van der Waals surface area contributed by atoms with E-state index in [4.69, 9.17) is 16.3 Å². The minimum Gasteiger partial charge on any atom is -0.497 e. The average Bonchev–Trinajstić information content (AvgIpc) is 2.58. The van der Waals surface area contributed by atoms with Gasteiger partial charge in [-0.2, -0.15) is 0 Å². The zero-order chi connectivity index (χ0) is 19.3. The molecule has 0 fully saturated rings. The number of benzene rings is 2. The van der Waals surface area contributed by atoms with Gasteiger partial charge < -0.3 is 10.1 Å². The summed E-state index contributed by atoms with van der Waals surface area (Å²) in [5.41, 5.74) is 1.22. The van der Waals surface area contributed by atoms with Crippen molar-refractivity contribution in [3.63, 3.8) is 0 Å². The average molecular weight is 397 g/mol. The van der Waals surface area contributed by atoms with Gasteiger partial charge in [0.05, 0.1) is 25.1 Å². The van der Waals surface area contributed by atoms with E-state index >= 15 is 0 Å². The minimum atomic E-state index is -3.64. The number of sulfonamides is 1. The summed E-state index contributed by atoms with van der Waals surface area (Å²) in [7, 11) is -2.06. The maximum atomic E-state index is 12.4. The number of rotatable bonds is 7. The van der Waals surface area contributed by atoms with Crippen LogP contribution in [0, 0.1) is 0 Å². The SMILES string of the molecule is COc1ccc([C@H](C)NC(=O)CN(c2cccc(Cl)c2)S(C)(=O)=O)cc1. The predicted molar refractivity (Wildman–Crippen MR) is 103 cm³/mol. The summed E-state index contributed by atoms with van der Waals surface area (Å²) in [4.78, 5) is 12.4. The Hall–Kier alpha value is -2.25. The highest BCUT2D eigenvalue weighted by molar-refractivity contribution is 7.92. The second kappa shape index (κ2) is 8.42. The summed E-state index contributed by atoms with van der Waals surface area (Å²) in [5.74, 6) is 0.301. The molecule has 0 bridgehead atoms. The van der Waals surface area contributed by atoms with Gasteiger partial charge in [0.2, 0.25) is 15.9 Å². The number of ether oxygens (including phenoxy) is 1. The maximum Gasteiger partial charge on any atom is 0.241 e. The molecule has 140 valence electrons. The summed E-state index contributed by atoms with van der Waals surface area (Å²) >= 11 is 5.93. The van der Waals surface area contributed by atoms with Crippen LogP contribution >= 0.6 is 11.6 Å². The summed E-state index contributed by atoms with van der Waals surface area (Å²) in [6.07, 6.45) is 1.05. The molecule has 6 nitrogen and oxygen atoms in total. The van der Waals surface area contributed by atoms with Crippen LogP contribution in [-0.4, -0.2) is 34.2 Å². The lowest BCUT2D eigenvalue weighted by Crippen LogP contribution is -2.41. The molecular weight excluding hydrogens is 376 g/mol. The number of halogens is 1. The van der Waals surface area contributed by atoms with E-state index in [1.54, 1.807) is 37.4 Å². The highest BCUT2D eigenvalue weighted by Gasteiger charge is 2.22. The molecule has 0 unspecified atom stereocenters. The first-order valence-corrected chi connectivity index (χ1v) is 10.1. The van der Waals surface area contributed by atoms with Gasteiger partial charge >= 0.3 is 0 Å². The Labute approximate surface area is 158 Å². The van der Waals surface area contributed by atoms with Crippen molar-refractivity contribution in [2.45, 2.75) is 13.0 Å². The van der Waals surface area contributed by atoms with Crippen LogP contribution in [0.3, 0.4) is 0 Å². The van der Waals surface area contributed by atoms with Gasteiger partial charge in [0, 0.05) is 5.02 Å². The standard InChI is InChI=1S/C18H21ClN2O4S/c1-13(14-7-9-17(25-2)10-8-14)20-18(22)12-21(26(3,23)24)16-6-4-5-15(19)11-16/h4-11,13H,12H2,1-3H3,(H,20,22)/t13-/m0/s1. The Kier molecular flexibility index (Phi) is 6.50. The smallest absolute Gasteiger partial charge is 0.241 e. The molecule has 0 aliphatic carbocycles. The first-order valence-electron chi connectivity index (χ1n) is 7.87. The summed E-state index contributed by atoms with van der Waals surface area (Å²) in [6, 6.07) is 13.4. The van der Waals surface area contributed by atoms with Crippen molar-refractivity contribution >= 4 is 33.2 Å². The lowest BCUT2D eigenvalue weighted by atomic mass is 10.1. The van der Waals surface area contributed by atoms with Gasteiger partial charge in [0.1, 0.15) is 12.3 Å². The third kappa shape index (κ3) is 5.37. The monoisotopic (exact) mass is 396 g/mol. The molecule has 8 heteroatoms. The van der Waals surface area contributed by atoms with E-state index in [0.717, 1.165) is 21.9 Å². The van der Waals surface area contributed by atoms with E-state index in [0.29, 0.717) is 10.7 Å². The van der Waals surface area contributed by atoms with Gasteiger partial charge in [-0.3, -0.25) is 9.10 Å². The first kappa shape index (κ1) is 20.1. The lowest BCUT2D eigenvalue weighted by Gasteiger charge is -2.23. The normalized spacial score (nSPS) is 12.3. The van der Waals surface area contributed by atoms with E-state index in [-0.39, 0.29) is 12.6 Å². The third-order valence-electron chi connectivity index (χ3n) is 3.78. The maximum absolute atomic E-state index is 12.4. The Morgan fingerprint density at radius 3 is 2.42 bits per heavy atom. The van der Waals surface area contributed by atoms with Crippen molar-refractivity contribution in [2.24, 2.45) is 0 Å². The Morgan fingerprint density at radius 2 is 1.88 bits per heavy atom. The molecule has 0 radical (unpaired) electrons. The number of carbonyl (C=O) groups is 1. The van der Waals surface area contributed by atoms with Crippen molar-refractivity contribution < 1.29 is 17.9 Å². The van der Waals surface area contributed by atoms with Crippen molar-refractivity contribution in [1.29, 1.82) is 0 Å². The van der Waals surface area contributed by atoms with Gasteiger partial charge in [0.15, 0.2) is 0 Å². The molecule has 0 heterocycles. The number of anilines is 1. The molecule has 1 atom stereocenters. The number of nitrogens with one attached hydrogen (secondary N) is 1. The predicted octanol–water partition coefficient (Wildman–Crippen LogP) is 2.99. The molecular formula is C18H21ClN2O4S. The highest BCUT2D eigenvalue weighted by atomic mass is 35.5. The van der Waals surface area contributed by atoms with E-state index in [2.05, 4.69) is 5.32 Å². The second-order valence-electron chi connectivity index (χ2n) is 5.81. The Morgan fingerprint density at radius 1 is 1.23 bits per heavy atom. The van der Waals surface area contributed by atoms with Gasteiger partial charge in [-0.15, -0.1) is 0 Å². The van der Waals surface area contributed by atoms with Crippen LogP contribution in [0.1, 0.15) is 18.5 Å². The van der Waals surface area contributed by atoms with Gasteiger partial charge in [-0.25, -0.2) is 8.42 Å². The molecule has 0 aliphatic heterocycles. The fourth-order valence-corrected chi connectivity index (χ4v) is 3.46. The Bertz CT molecular complexity index is 869. The summed E-state index contributed by atoms with van der Waals surface area (Å²) < 4.78 is 30.3. The number of carbonyl (C=O) groups excluding carboxylic acids is 1. The molecule has 0 aromatic heterocycles. The van der Waals surface area contributed by atoms with Crippen LogP contribution in [0.15, 0.2) is 48.5 Å². The van der Waals surface area contributed by atoms with Gasteiger partial charge in [-0.1, -0.05) is 29.8 Å². The topological polar surface area (TPSA) is 75.7 Å². The summed E-state index contributed by atoms with van der Waals surface area (Å²) in [6.45, 7) is 1.49. The van der Waals surface area contributed by atoms with Crippen molar-refractivity contribution in [3.8, 4) is 5.75 Å². The van der Waals surface area contributed by atoms with E-state index in [1.807, 2.05) is 19.1 Å². The van der Waals surface area contributed by atoms with Crippen molar-refractivity contribution in [3.05, 3.63) is 59.1 Å². The highest BCUT2D eigenvalue weighted by Crippen LogP contribution is 2.22. The van der Waals surface area contributed by atoms with Crippen LogP contribution in [0.4, 0.5) is 5.69 Å². The van der Waals surface area contributed by atoms with E-state index in [9.17, 15) is 13.2 Å². The quantitative estimate of drug-likeness (QED) is 0.780. The van der Waals surface area contributed by atoms with Gasteiger partial charge in [0.25, 0.3) is 0 Å². The third-order valence-corrected chi connectivity index (χ3v) is 5.15. The fraction of sp³-hybridized carbons (Fsp3) is 0.278. The Balaban J connectivity index is 2.11. The molecule has 1 amide bonds. The van der Waals surface area contributed by atoms with Crippen LogP contribution in [-0.2, 0) is 14.8 Å². The fourth-order valence-electron chi connectivity index (χ4n) is 2.42. The zero-order valence-electron chi connectivity index (χ0n) is 14.8. The van der Waals surface area contributed by atoms with E-state index < -0.39 is 15.9 Å². The van der Waals surface area contributed by atoms with Crippen LogP contribution in [0.25, 0.3) is 0 Å². The number of amides is 1. The summed E-state index contributed by atoms with van der Waals surface area (Å²) in [5, 5.41) is 3.19. The number of hydrogen-bond donors (Lipinski definition) is 1. The molecule has 26 heavy (non-hydrogen) atoms. The second-order valence-corrected chi connectivity index (χ2v) is 8.16. The molecule has 2 aromatic rings. The van der Waals surface area contributed by atoms with E-state index in [1.165, 1.54) is 6.07 Å². The van der Waals surface area contributed by atoms with Crippen LogP contribution in [0.2, 0.25) is 5.02 Å². The molecule has 0 saturated carbocycles. The number of hydrogen-bond acceptors (Lipinski definition) is 4. The lowest BCUT2D eigenvalue weighted by molar-refractivity contribution is -0.120. The minimum absolute atomic E-state index is 0.283. The molecule has 1 N–H and O–H groups in total. The van der Waals surface area contributed by atoms with Crippen molar-refractivity contribution in [2.75, 3.05) is 24.2 Å². The molecule has 0 saturated heterocycles. The largest absolute Gasteiger partial charge is 0.497 e. The zero-order valence-corrected chi connectivity index (χ0v) is 16.3. The van der Waals surface area contributed by atoms with Crippen molar-refractivity contribution in [1.82, 2.24) is 5.32 Å². The number of methoxy groups -OCH3 is 1. The van der Waals surface area contributed by atoms with Crippen LogP contribution in [0.5, 0.6) is 5.75 Å². The first-order chi connectivity index (χ1) is 12.2. The molecule has 0 aliphatic rings. The molecule has 0 spiro atoms. The van der Waals surface area contributed by atoms with Gasteiger partial charge in [-0.05, 0) is 42.8 Å². The number of nitrogens with zero attached hydrogens (tertiary/aromatic N) is 1. The molecule has 2 aromatic carbocycles. The van der Waals surface area contributed by atoms with Crippen LogP contribution < -0.4 is 14.4 Å².